The molecule has 0 aliphatic rings. The molecule has 0 atom stereocenters. The minimum absolute atomic E-state index is 1.22. The fourth-order valence-corrected chi connectivity index (χ4v) is 8.07. The smallest absolute Gasteiger partial charge is 0.00140 e. The van der Waals surface area contributed by atoms with Gasteiger partial charge in [0.05, 0.1) is 0 Å². The lowest BCUT2D eigenvalue weighted by atomic mass is 9.79. The normalized spacial score (nSPS) is 11.6. The molecule has 0 aromatic heterocycles. The Morgan fingerprint density at radius 3 is 1.44 bits per heavy atom. The molecule has 0 unspecified atom stereocenters. The highest BCUT2D eigenvalue weighted by molar-refractivity contribution is 6.15. The zero-order valence-corrected chi connectivity index (χ0v) is 29.0. The summed E-state index contributed by atoms with van der Waals surface area (Å²) in [6.45, 7) is 8.90. The largest absolute Gasteiger partial charge is 0.0616 e. The van der Waals surface area contributed by atoms with Crippen LogP contribution >= 0.6 is 0 Å². The summed E-state index contributed by atoms with van der Waals surface area (Å²) < 4.78 is 0. The Kier molecular flexibility index (Phi) is 7.14. The topological polar surface area (TPSA) is 0 Å². The second-order valence-electron chi connectivity index (χ2n) is 13.9. The van der Waals surface area contributed by atoms with E-state index in [2.05, 4.69) is 185 Å². The fraction of sp³-hybridized carbons (Fsp3) is 0.0800. The summed E-state index contributed by atoms with van der Waals surface area (Å²) in [5, 5.41) is 10.2. The molecule has 0 spiro atoms. The number of hydrogen-bond acceptors (Lipinski definition) is 0. The van der Waals surface area contributed by atoms with Gasteiger partial charge in [-0.15, -0.1) is 0 Å². The van der Waals surface area contributed by atoms with Crippen LogP contribution in [0.5, 0.6) is 0 Å². The first-order valence-corrected chi connectivity index (χ1v) is 17.6. The SMILES string of the molecule is Cc1ccc(-c2ccc(-c3cc4ccccc4cc3C)c(-c3ccc(C)c4ccccc34)c2-c2ccc(C)c3cc4ccccc4cc23)cc1. The first-order chi connectivity index (χ1) is 24.4. The highest BCUT2D eigenvalue weighted by Gasteiger charge is 2.24. The Morgan fingerprint density at radius 1 is 0.280 bits per heavy atom. The average molecular weight is 639 g/mol. The van der Waals surface area contributed by atoms with E-state index >= 15 is 0 Å². The van der Waals surface area contributed by atoms with E-state index in [9.17, 15) is 0 Å². The van der Waals surface area contributed by atoms with Gasteiger partial charge in [0.15, 0.2) is 0 Å². The van der Waals surface area contributed by atoms with Gasteiger partial charge < -0.3 is 0 Å². The number of hydrogen-bond donors (Lipinski definition) is 0. The lowest BCUT2D eigenvalue weighted by Crippen LogP contribution is -1.98. The summed E-state index contributed by atoms with van der Waals surface area (Å²) >= 11 is 0. The van der Waals surface area contributed by atoms with Gasteiger partial charge in [-0.1, -0.05) is 145 Å². The Morgan fingerprint density at radius 2 is 0.760 bits per heavy atom. The van der Waals surface area contributed by atoms with Crippen LogP contribution in [0.2, 0.25) is 0 Å². The van der Waals surface area contributed by atoms with Crippen LogP contribution in [0.15, 0.2) is 158 Å². The molecular formula is C50H38. The van der Waals surface area contributed by atoms with Crippen molar-refractivity contribution in [1.82, 2.24) is 0 Å². The van der Waals surface area contributed by atoms with Crippen LogP contribution in [0.4, 0.5) is 0 Å². The minimum Gasteiger partial charge on any atom is -0.0616 e. The van der Waals surface area contributed by atoms with Crippen molar-refractivity contribution in [2.24, 2.45) is 0 Å². The molecule has 0 aliphatic heterocycles. The molecular weight excluding hydrogens is 601 g/mol. The molecule has 9 aromatic carbocycles. The first-order valence-electron chi connectivity index (χ1n) is 17.6. The summed E-state index contributed by atoms with van der Waals surface area (Å²) in [5.74, 6) is 0. The lowest BCUT2D eigenvalue weighted by molar-refractivity contribution is 1.46. The van der Waals surface area contributed by atoms with E-state index in [1.54, 1.807) is 0 Å². The van der Waals surface area contributed by atoms with Crippen molar-refractivity contribution in [3.05, 3.63) is 180 Å². The van der Waals surface area contributed by atoms with Crippen LogP contribution in [-0.4, -0.2) is 0 Å². The molecule has 0 heteroatoms. The van der Waals surface area contributed by atoms with Crippen molar-refractivity contribution in [2.45, 2.75) is 27.7 Å². The van der Waals surface area contributed by atoms with Crippen LogP contribution in [0, 0.1) is 27.7 Å². The molecule has 9 rings (SSSR count). The van der Waals surface area contributed by atoms with Crippen LogP contribution in [0.25, 0.3) is 87.6 Å². The summed E-state index contributed by atoms with van der Waals surface area (Å²) in [6, 6.07) is 59.1. The van der Waals surface area contributed by atoms with Crippen LogP contribution in [0.3, 0.4) is 0 Å². The van der Waals surface area contributed by atoms with Gasteiger partial charge in [-0.05, 0) is 150 Å². The van der Waals surface area contributed by atoms with Crippen LogP contribution in [-0.2, 0) is 0 Å². The molecule has 0 bridgehead atoms. The fourth-order valence-electron chi connectivity index (χ4n) is 8.07. The van der Waals surface area contributed by atoms with Crippen LogP contribution < -0.4 is 0 Å². The molecule has 0 fully saturated rings. The van der Waals surface area contributed by atoms with Crippen molar-refractivity contribution < 1.29 is 0 Å². The van der Waals surface area contributed by atoms with Crippen molar-refractivity contribution in [1.29, 1.82) is 0 Å². The van der Waals surface area contributed by atoms with E-state index in [-0.39, 0.29) is 0 Å². The van der Waals surface area contributed by atoms with Crippen molar-refractivity contribution in [3.63, 3.8) is 0 Å². The van der Waals surface area contributed by atoms with Gasteiger partial charge in [-0.2, -0.15) is 0 Å². The molecule has 0 N–H and O–H groups in total. The molecule has 0 aliphatic carbocycles. The summed E-state index contributed by atoms with van der Waals surface area (Å²) in [5.41, 5.74) is 15.1. The molecule has 0 nitrogen and oxygen atoms in total. The van der Waals surface area contributed by atoms with Crippen LogP contribution in [0.1, 0.15) is 22.3 Å². The second kappa shape index (κ2) is 11.9. The second-order valence-corrected chi connectivity index (χ2v) is 13.9. The maximum Gasteiger partial charge on any atom is -0.00140 e. The van der Waals surface area contributed by atoms with E-state index in [0.717, 1.165) is 0 Å². The zero-order chi connectivity index (χ0) is 33.9. The molecule has 0 saturated heterocycles. The van der Waals surface area contributed by atoms with E-state index < -0.39 is 0 Å². The highest BCUT2D eigenvalue weighted by atomic mass is 14.3. The number of rotatable bonds is 4. The third kappa shape index (κ3) is 4.91. The van der Waals surface area contributed by atoms with Crippen molar-refractivity contribution in [3.8, 4) is 44.5 Å². The van der Waals surface area contributed by atoms with Gasteiger partial charge in [-0.3, -0.25) is 0 Å². The van der Waals surface area contributed by atoms with Gasteiger partial charge in [0, 0.05) is 0 Å². The summed E-state index contributed by atoms with van der Waals surface area (Å²) in [6.07, 6.45) is 0. The molecule has 0 heterocycles. The Hall–Kier alpha value is -5.98. The van der Waals surface area contributed by atoms with E-state index in [1.807, 2.05) is 0 Å². The highest BCUT2D eigenvalue weighted by Crippen LogP contribution is 2.50. The molecule has 0 radical (unpaired) electrons. The first kappa shape index (κ1) is 30.1. The Balaban J connectivity index is 1.50. The van der Waals surface area contributed by atoms with E-state index in [0.29, 0.717) is 0 Å². The monoisotopic (exact) mass is 638 g/mol. The molecule has 0 saturated carbocycles. The standard InChI is InChI=1S/C50H38/c1-31-17-21-35(22-18-31)41-25-26-44(47-29-37-12-6-5-11-36(37)27-34(47)4)50(43-23-19-32(2)40-15-9-10-16-42(40)43)49(41)45-24-20-33(3)46-28-38-13-7-8-14-39(38)30-48(45)46/h5-30H,1-4H3. The molecule has 50 heavy (non-hydrogen) atoms. The number of benzene rings is 9. The summed E-state index contributed by atoms with van der Waals surface area (Å²) in [4.78, 5) is 0. The maximum absolute atomic E-state index is 2.41. The Labute approximate surface area is 294 Å². The van der Waals surface area contributed by atoms with Gasteiger partial charge >= 0.3 is 0 Å². The molecule has 9 aromatic rings. The maximum atomic E-state index is 2.41. The Bertz CT molecular complexity index is 2780. The van der Waals surface area contributed by atoms with Gasteiger partial charge in [0.2, 0.25) is 0 Å². The molecule has 0 amide bonds. The summed E-state index contributed by atoms with van der Waals surface area (Å²) in [7, 11) is 0. The van der Waals surface area contributed by atoms with E-state index in [4.69, 9.17) is 0 Å². The van der Waals surface area contributed by atoms with E-state index in [1.165, 1.54) is 110 Å². The lowest BCUT2D eigenvalue weighted by Gasteiger charge is -2.24. The van der Waals surface area contributed by atoms with Crippen molar-refractivity contribution in [2.75, 3.05) is 0 Å². The third-order valence-electron chi connectivity index (χ3n) is 10.7. The quantitative estimate of drug-likeness (QED) is 0.168. The predicted octanol–water partition coefficient (Wildman–Crippen LogP) is 14.2. The predicted molar refractivity (Wildman–Crippen MR) is 217 cm³/mol. The van der Waals surface area contributed by atoms with Gasteiger partial charge in [0.1, 0.15) is 0 Å². The van der Waals surface area contributed by atoms with Crippen molar-refractivity contribution >= 4 is 43.1 Å². The minimum atomic E-state index is 1.22. The number of fused-ring (bicyclic) bond motifs is 4. The zero-order valence-electron chi connectivity index (χ0n) is 29.0. The van der Waals surface area contributed by atoms with Gasteiger partial charge in [-0.25, -0.2) is 0 Å². The third-order valence-corrected chi connectivity index (χ3v) is 10.7. The number of aryl methyl sites for hydroxylation is 4. The molecule has 238 valence electrons. The van der Waals surface area contributed by atoms with Gasteiger partial charge in [0.25, 0.3) is 0 Å². The average Bonchev–Trinajstić information content (AvgIpc) is 3.14.